The molecule has 0 aliphatic rings. The third-order valence-corrected chi connectivity index (χ3v) is 2.34. The number of thioether (sulfide) groups is 1. The van der Waals surface area contributed by atoms with Crippen LogP contribution in [0.1, 0.15) is 12.2 Å². The first-order valence-corrected chi connectivity index (χ1v) is 4.80. The molecule has 2 nitrogen and oxygen atoms in total. The summed E-state index contributed by atoms with van der Waals surface area (Å²) in [6.45, 7) is 0.283. The predicted octanol–water partition coefficient (Wildman–Crippen LogP) is 1.90. The maximum Gasteiger partial charge on any atom is 0.113 e. The summed E-state index contributed by atoms with van der Waals surface area (Å²) in [4.78, 5) is 0. The highest BCUT2D eigenvalue weighted by Gasteiger charge is 1.94. The van der Waals surface area contributed by atoms with Gasteiger partial charge in [0.05, 0.1) is 12.0 Å². The highest BCUT2D eigenvalue weighted by Crippen LogP contribution is 2.12. The molecule has 11 heavy (non-hydrogen) atoms. The molecule has 0 radical (unpaired) electrons. The second-order valence-corrected chi connectivity index (χ2v) is 3.31. The van der Waals surface area contributed by atoms with Gasteiger partial charge in [-0.1, -0.05) is 0 Å². The zero-order valence-corrected chi connectivity index (χ0v) is 7.14. The van der Waals surface area contributed by atoms with Crippen molar-refractivity contribution in [3.63, 3.8) is 0 Å². The molecule has 0 aliphatic carbocycles. The van der Waals surface area contributed by atoms with Crippen molar-refractivity contribution >= 4 is 11.8 Å². The maximum atomic E-state index is 8.49. The van der Waals surface area contributed by atoms with E-state index in [2.05, 4.69) is 0 Å². The van der Waals surface area contributed by atoms with Crippen LogP contribution in [0.2, 0.25) is 0 Å². The lowest BCUT2D eigenvalue weighted by Crippen LogP contribution is -1.85. The Morgan fingerprint density at radius 2 is 2.45 bits per heavy atom. The molecule has 0 atom stereocenters. The van der Waals surface area contributed by atoms with Crippen LogP contribution in [-0.2, 0) is 5.75 Å². The number of rotatable bonds is 5. The van der Waals surface area contributed by atoms with E-state index in [0.29, 0.717) is 0 Å². The Kier molecular flexibility index (Phi) is 4.16. The molecule has 0 bridgehead atoms. The monoisotopic (exact) mass is 172 g/mol. The zero-order chi connectivity index (χ0) is 7.94. The number of aliphatic hydroxyl groups excluding tert-OH is 1. The van der Waals surface area contributed by atoms with Crippen molar-refractivity contribution in [3.8, 4) is 0 Å². The Balaban J connectivity index is 2.04. The van der Waals surface area contributed by atoms with E-state index < -0.39 is 0 Å². The van der Waals surface area contributed by atoms with Crippen molar-refractivity contribution in [2.45, 2.75) is 12.2 Å². The first-order valence-electron chi connectivity index (χ1n) is 3.64. The van der Waals surface area contributed by atoms with Crippen LogP contribution in [0.4, 0.5) is 0 Å². The standard InChI is InChI=1S/C8H12O2S/c9-4-2-6-11-7-8-3-1-5-10-8/h1,3,5,9H,2,4,6-7H2. The van der Waals surface area contributed by atoms with Crippen molar-refractivity contribution in [1.82, 2.24) is 0 Å². The molecule has 0 amide bonds. The summed E-state index contributed by atoms with van der Waals surface area (Å²) >= 11 is 1.78. The molecule has 0 unspecified atom stereocenters. The van der Waals surface area contributed by atoms with Gasteiger partial charge in [0.25, 0.3) is 0 Å². The molecule has 62 valence electrons. The number of hydrogen-bond acceptors (Lipinski definition) is 3. The minimum absolute atomic E-state index is 0.283. The summed E-state index contributed by atoms with van der Waals surface area (Å²) in [6.07, 6.45) is 2.55. The van der Waals surface area contributed by atoms with Gasteiger partial charge in [0, 0.05) is 6.61 Å². The highest BCUT2D eigenvalue weighted by atomic mass is 32.2. The van der Waals surface area contributed by atoms with Crippen molar-refractivity contribution in [2.75, 3.05) is 12.4 Å². The van der Waals surface area contributed by atoms with Gasteiger partial charge >= 0.3 is 0 Å². The molecule has 1 aromatic heterocycles. The van der Waals surface area contributed by atoms with E-state index in [4.69, 9.17) is 9.52 Å². The third-order valence-electron chi connectivity index (χ3n) is 1.27. The largest absolute Gasteiger partial charge is 0.468 e. The van der Waals surface area contributed by atoms with Gasteiger partial charge in [0.15, 0.2) is 0 Å². The lowest BCUT2D eigenvalue weighted by atomic mass is 10.5. The van der Waals surface area contributed by atoms with E-state index in [1.54, 1.807) is 18.0 Å². The van der Waals surface area contributed by atoms with Gasteiger partial charge in [-0.05, 0) is 24.3 Å². The molecule has 1 heterocycles. The predicted molar refractivity (Wildman–Crippen MR) is 46.6 cm³/mol. The van der Waals surface area contributed by atoms with Crippen LogP contribution >= 0.6 is 11.8 Å². The summed E-state index contributed by atoms with van der Waals surface area (Å²) in [7, 11) is 0. The molecular formula is C8H12O2S. The third kappa shape index (κ3) is 3.49. The Labute approximate surface area is 70.6 Å². The summed E-state index contributed by atoms with van der Waals surface area (Å²) in [5.41, 5.74) is 0. The molecule has 3 heteroatoms. The number of aliphatic hydroxyl groups is 1. The van der Waals surface area contributed by atoms with Crippen LogP contribution in [0.3, 0.4) is 0 Å². The van der Waals surface area contributed by atoms with E-state index in [9.17, 15) is 0 Å². The number of furan rings is 1. The molecule has 1 aromatic rings. The van der Waals surface area contributed by atoms with E-state index in [-0.39, 0.29) is 6.61 Å². The van der Waals surface area contributed by atoms with E-state index in [1.807, 2.05) is 12.1 Å². The van der Waals surface area contributed by atoms with E-state index in [0.717, 1.165) is 23.7 Å². The topological polar surface area (TPSA) is 33.4 Å². The second-order valence-electron chi connectivity index (χ2n) is 2.21. The van der Waals surface area contributed by atoms with Crippen molar-refractivity contribution < 1.29 is 9.52 Å². The fraction of sp³-hybridized carbons (Fsp3) is 0.500. The normalized spacial score (nSPS) is 10.3. The molecular weight excluding hydrogens is 160 g/mol. The van der Waals surface area contributed by atoms with Crippen molar-refractivity contribution in [3.05, 3.63) is 24.2 Å². The Morgan fingerprint density at radius 1 is 1.55 bits per heavy atom. The minimum atomic E-state index is 0.283. The SMILES string of the molecule is OCCCSCc1ccco1. The van der Waals surface area contributed by atoms with Gasteiger partial charge in [-0.3, -0.25) is 0 Å². The maximum absolute atomic E-state index is 8.49. The van der Waals surface area contributed by atoms with E-state index in [1.165, 1.54) is 0 Å². The molecule has 0 saturated heterocycles. The minimum Gasteiger partial charge on any atom is -0.468 e. The molecule has 0 fully saturated rings. The van der Waals surface area contributed by atoms with Crippen LogP contribution in [0.5, 0.6) is 0 Å². The van der Waals surface area contributed by atoms with Gasteiger partial charge in [0.2, 0.25) is 0 Å². The van der Waals surface area contributed by atoms with Gasteiger partial charge < -0.3 is 9.52 Å². The lowest BCUT2D eigenvalue weighted by Gasteiger charge is -1.95. The molecule has 0 saturated carbocycles. The molecule has 0 spiro atoms. The van der Waals surface area contributed by atoms with Gasteiger partial charge in [-0.25, -0.2) is 0 Å². The van der Waals surface area contributed by atoms with Crippen LogP contribution in [0.15, 0.2) is 22.8 Å². The fourth-order valence-corrected chi connectivity index (χ4v) is 1.58. The molecule has 0 aromatic carbocycles. The van der Waals surface area contributed by atoms with Gasteiger partial charge in [0.1, 0.15) is 5.76 Å². The zero-order valence-electron chi connectivity index (χ0n) is 6.32. The smallest absolute Gasteiger partial charge is 0.113 e. The summed E-state index contributed by atoms with van der Waals surface area (Å²) < 4.78 is 5.13. The molecule has 1 rings (SSSR count). The molecule has 1 N–H and O–H groups in total. The Morgan fingerprint density at radius 3 is 3.09 bits per heavy atom. The lowest BCUT2D eigenvalue weighted by molar-refractivity contribution is 0.296. The van der Waals surface area contributed by atoms with Crippen molar-refractivity contribution in [1.29, 1.82) is 0 Å². The van der Waals surface area contributed by atoms with Crippen LogP contribution in [0, 0.1) is 0 Å². The summed E-state index contributed by atoms with van der Waals surface area (Å²) in [5, 5.41) is 8.49. The summed E-state index contributed by atoms with van der Waals surface area (Å²) in [5.74, 6) is 2.91. The Hall–Kier alpha value is -0.410. The highest BCUT2D eigenvalue weighted by molar-refractivity contribution is 7.98. The Bertz CT molecular complexity index is 172. The van der Waals surface area contributed by atoms with Crippen molar-refractivity contribution in [2.24, 2.45) is 0 Å². The van der Waals surface area contributed by atoms with Gasteiger partial charge in [-0.15, -0.1) is 0 Å². The van der Waals surface area contributed by atoms with Crippen LogP contribution < -0.4 is 0 Å². The first-order chi connectivity index (χ1) is 5.43. The summed E-state index contributed by atoms with van der Waals surface area (Å²) in [6, 6.07) is 3.86. The average Bonchev–Trinajstić information content (AvgIpc) is 2.50. The first kappa shape index (κ1) is 8.68. The average molecular weight is 172 g/mol. The number of hydrogen-bond donors (Lipinski definition) is 1. The van der Waals surface area contributed by atoms with Crippen LogP contribution in [-0.4, -0.2) is 17.5 Å². The molecule has 0 aliphatic heterocycles. The second kappa shape index (κ2) is 5.27. The fourth-order valence-electron chi connectivity index (χ4n) is 0.734. The van der Waals surface area contributed by atoms with Gasteiger partial charge in [-0.2, -0.15) is 11.8 Å². The van der Waals surface area contributed by atoms with E-state index >= 15 is 0 Å². The quantitative estimate of drug-likeness (QED) is 0.689. The van der Waals surface area contributed by atoms with Crippen LogP contribution in [0.25, 0.3) is 0 Å².